The number of hydrogen-bond donors (Lipinski definition) is 1. The van der Waals surface area contributed by atoms with E-state index in [1.165, 1.54) is 17.8 Å². The summed E-state index contributed by atoms with van der Waals surface area (Å²) in [5, 5.41) is 3.96. The van der Waals surface area contributed by atoms with Gasteiger partial charge in [0.05, 0.1) is 17.4 Å². The number of ether oxygens (including phenoxy) is 1. The highest BCUT2D eigenvalue weighted by Crippen LogP contribution is 2.35. The van der Waals surface area contributed by atoms with E-state index in [1.807, 2.05) is 31.2 Å². The minimum atomic E-state index is -0.137. The molecule has 30 heavy (non-hydrogen) atoms. The molecule has 0 spiro atoms. The highest BCUT2D eigenvalue weighted by Gasteiger charge is 2.24. The lowest BCUT2D eigenvalue weighted by atomic mass is 10.1. The highest BCUT2D eigenvalue weighted by molar-refractivity contribution is 7.20. The van der Waals surface area contributed by atoms with Crippen LogP contribution in [0.3, 0.4) is 0 Å². The first-order chi connectivity index (χ1) is 14.6. The Labute approximate surface area is 180 Å². The molecular formula is C22H27N5O2S. The van der Waals surface area contributed by atoms with E-state index < -0.39 is 0 Å². The molecule has 3 aromatic rings. The molecule has 2 aromatic heterocycles. The van der Waals surface area contributed by atoms with Gasteiger partial charge in [-0.2, -0.15) is 0 Å². The van der Waals surface area contributed by atoms with Crippen molar-refractivity contribution in [2.24, 2.45) is 0 Å². The Hall–Kier alpha value is -2.71. The number of rotatable bonds is 6. The average Bonchev–Trinajstić information content (AvgIpc) is 3.11. The smallest absolute Gasteiger partial charge is 0.266 e. The van der Waals surface area contributed by atoms with Crippen molar-refractivity contribution in [2.75, 3.05) is 50.1 Å². The fourth-order valence-electron chi connectivity index (χ4n) is 3.90. The number of nitrogens with one attached hydrogen (secondary N) is 1. The Kier molecular flexibility index (Phi) is 6.15. The number of piperazine rings is 1. The van der Waals surface area contributed by atoms with Crippen LogP contribution in [0.15, 0.2) is 30.6 Å². The maximum absolute atomic E-state index is 13.0. The maximum Gasteiger partial charge on any atom is 0.266 e. The van der Waals surface area contributed by atoms with Gasteiger partial charge in [-0.3, -0.25) is 9.69 Å². The molecular weight excluding hydrogens is 398 g/mol. The van der Waals surface area contributed by atoms with Gasteiger partial charge in [0.2, 0.25) is 0 Å². The molecule has 0 unspecified atom stereocenters. The van der Waals surface area contributed by atoms with Crippen molar-refractivity contribution in [1.29, 1.82) is 0 Å². The first-order valence-electron chi connectivity index (χ1n) is 10.3. The number of carbonyl (C=O) groups excluding carboxylic acids is 1. The van der Waals surface area contributed by atoms with Crippen LogP contribution in [0.1, 0.15) is 28.6 Å². The molecule has 0 bridgehead atoms. The number of benzene rings is 1. The number of fused-ring (bicyclic) bond motifs is 1. The van der Waals surface area contributed by atoms with Gasteiger partial charge in [0.1, 0.15) is 22.7 Å². The van der Waals surface area contributed by atoms with Crippen molar-refractivity contribution in [2.45, 2.75) is 20.3 Å². The molecule has 1 aliphatic rings. The zero-order valence-electron chi connectivity index (χ0n) is 17.6. The van der Waals surface area contributed by atoms with Gasteiger partial charge < -0.3 is 15.0 Å². The standard InChI is InChI=1S/C22H27N5O2S/c1-4-8-26-9-11-27(12-10-26)20-18-15(2)19(30-22(18)24-14-23-20)21(28)25-16-6-5-7-17(13-16)29-3/h5-7,13-14H,4,8-12H2,1-3H3,(H,25,28). The number of amides is 1. The second-order valence-electron chi connectivity index (χ2n) is 7.45. The van der Waals surface area contributed by atoms with Crippen LogP contribution in [0.4, 0.5) is 11.5 Å². The Balaban J connectivity index is 1.59. The molecule has 1 aliphatic heterocycles. The van der Waals surface area contributed by atoms with Gasteiger partial charge in [-0.25, -0.2) is 9.97 Å². The van der Waals surface area contributed by atoms with Crippen molar-refractivity contribution in [3.05, 3.63) is 41.0 Å². The number of nitrogens with zero attached hydrogens (tertiary/aromatic N) is 4. The van der Waals surface area contributed by atoms with Crippen LogP contribution in [0.25, 0.3) is 10.2 Å². The third kappa shape index (κ3) is 4.11. The molecule has 1 amide bonds. The molecule has 1 aromatic carbocycles. The van der Waals surface area contributed by atoms with Gasteiger partial charge in [-0.1, -0.05) is 13.0 Å². The summed E-state index contributed by atoms with van der Waals surface area (Å²) in [5.74, 6) is 1.50. The summed E-state index contributed by atoms with van der Waals surface area (Å²) in [6, 6.07) is 7.36. The number of methoxy groups -OCH3 is 1. The fraction of sp³-hybridized carbons (Fsp3) is 0.409. The van der Waals surface area contributed by atoms with Crippen LogP contribution in [-0.4, -0.2) is 60.6 Å². The minimum absolute atomic E-state index is 0.137. The number of carbonyl (C=O) groups is 1. The SMILES string of the molecule is CCCN1CCN(c2ncnc3sc(C(=O)Nc4cccc(OC)c4)c(C)c23)CC1. The molecule has 4 rings (SSSR count). The second kappa shape index (κ2) is 8.97. The Bertz CT molecular complexity index is 1040. The van der Waals surface area contributed by atoms with Gasteiger partial charge in [-0.15, -0.1) is 11.3 Å². The number of anilines is 2. The molecule has 0 radical (unpaired) electrons. The maximum atomic E-state index is 13.0. The zero-order chi connectivity index (χ0) is 21.1. The predicted octanol–water partition coefficient (Wildman–Crippen LogP) is 3.79. The predicted molar refractivity (Wildman–Crippen MR) is 122 cm³/mol. The van der Waals surface area contributed by atoms with E-state index in [0.717, 1.165) is 54.3 Å². The van der Waals surface area contributed by atoms with Crippen LogP contribution in [0, 0.1) is 6.92 Å². The molecule has 0 aliphatic carbocycles. The molecule has 8 heteroatoms. The van der Waals surface area contributed by atoms with Crippen molar-refractivity contribution in [3.63, 3.8) is 0 Å². The van der Waals surface area contributed by atoms with Crippen LogP contribution < -0.4 is 15.0 Å². The Morgan fingerprint density at radius 1 is 1.23 bits per heavy atom. The molecule has 158 valence electrons. The third-order valence-corrected chi connectivity index (χ3v) is 6.65. The van der Waals surface area contributed by atoms with Crippen LogP contribution in [0.5, 0.6) is 5.75 Å². The lowest BCUT2D eigenvalue weighted by Crippen LogP contribution is -2.46. The van der Waals surface area contributed by atoms with E-state index in [2.05, 4.69) is 32.0 Å². The van der Waals surface area contributed by atoms with Crippen molar-refractivity contribution in [3.8, 4) is 5.75 Å². The highest BCUT2D eigenvalue weighted by atomic mass is 32.1. The van der Waals surface area contributed by atoms with Crippen LogP contribution >= 0.6 is 11.3 Å². The number of thiophene rings is 1. The van der Waals surface area contributed by atoms with E-state index in [0.29, 0.717) is 16.3 Å². The lowest BCUT2D eigenvalue weighted by molar-refractivity contribution is 0.103. The molecule has 1 N–H and O–H groups in total. The normalized spacial score (nSPS) is 14.8. The molecule has 0 atom stereocenters. The van der Waals surface area contributed by atoms with E-state index in [-0.39, 0.29) is 5.91 Å². The first-order valence-corrected chi connectivity index (χ1v) is 11.1. The molecule has 1 fully saturated rings. The van der Waals surface area contributed by atoms with Gasteiger partial charge >= 0.3 is 0 Å². The fourth-order valence-corrected chi connectivity index (χ4v) is 4.94. The van der Waals surface area contributed by atoms with E-state index in [9.17, 15) is 4.79 Å². The van der Waals surface area contributed by atoms with Crippen LogP contribution in [0.2, 0.25) is 0 Å². The summed E-state index contributed by atoms with van der Waals surface area (Å²) in [7, 11) is 1.61. The minimum Gasteiger partial charge on any atom is -0.497 e. The third-order valence-electron chi connectivity index (χ3n) is 5.45. The molecule has 1 saturated heterocycles. The van der Waals surface area contributed by atoms with Crippen molar-refractivity contribution >= 4 is 39.0 Å². The monoisotopic (exact) mass is 425 g/mol. The average molecular weight is 426 g/mol. The van der Waals surface area contributed by atoms with E-state index in [1.54, 1.807) is 13.4 Å². The zero-order valence-corrected chi connectivity index (χ0v) is 18.5. The Morgan fingerprint density at radius 2 is 2.03 bits per heavy atom. The van der Waals surface area contributed by atoms with Gasteiger partial charge in [0.25, 0.3) is 5.91 Å². The summed E-state index contributed by atoms with van der Waals surface area (Å²) >= 11 is 1.42. The summed E-state index contributed by atoms with van der Waals surface area (Å²) in [6.45, 7) is 9.28. The van der Waals surface area contributed by atoms with Gasteiger partial charge in [0.15, 0.2) is 0 Å². The lowest BCUT2D eigenvalue weighted by Gasteiger charge is -2.35. The van der Waals surface area contributed by atoms with E-state index >= 15 is 0 Å². The molecule has 0 saturated carbocycles. The number of aryl methyl sites for hydroxylation is 1. The largest absolute Gasteiger partial charge is 0.497 e. The molecule has 7 nitrogen and oxygen atoms in total. The quantitative estimate of drug-likeness (QED) is 0.648. The van der Waals surface area contributed by atoms with Gasteiger partial charge in [-0.05, 0) is 37.6 Å². The summed E-state index contributed by atoms with van der Waals surface area (Å²) < 4.78 is 5.24. The van der Waals surface area contributed by atoms with Crippen molar-refractivity contribution in [1.82, 2.24) is 14.9 Å². The van der Waals surface area contributed by atoms with Gasteiger partial charge in [0, 0.05) is 37.9 Å². The summed E-state index contributed by atoms with van der Waals surface area (Å²) in [5.41, 5.74) is 1.64. The Morgan fingerprint density at radius 3 is 2.77 bits per heavy atom. The topological polar surface area (TPSA) is 70.6 Å². The number of aromatic nitrogens is 2. The second-order valence-corrected chi connectivity index (χ2v) is 8.45. The summed E-state index contributed by atoms with van der Waals surface area (Å²) in [4.78, 5) is 28.4. The summed E-state index contributed by atoms with van der Waals surface area (Å²) in [6.07, 6.45) is 2.78. The van der Waals surface area contributed by atoms with Crippen LogP contribution in [-0.2, 0) is 0 Å². The van der Waals surface area contributed by atoms with Crippen molar-refractivity contribution < 1.29 is 9.53 Å². The van der Waals surface area contributed by atoms with E-state index in [4.69, 9.17) is 4.74 Å². The number of hydrogen-bond acceptors (Lipinski definition) is 7. The first kappa shape index (κ1) is 20.6. The molecule has 3 heterocycles.